The third-order valence-electron chi connectivity index (χ3n) is 8.35. The van der Waals surface area contributed by atoms with E-state index in [-0.39, 0.29) is 58.8 Å². The molecule has 21 heteroatoms. The van der Waals surface area contributed by atoms with Crippen molar-refractivity contribution in [2.45, 2.75) is 56.7 Å². The summed E-state index contributed by atoms with van der Waals surface area (Å²) in [6, 6.07) is -1.41. The number of nitrogens with zero attached hydrogens (tertiary/aromatic N) is 6. The van der Waals surface area contributed by atoms with Gasteiger partial charge in [-0.25, -0.2) is 14.4 Å². The fourth-order valence-electron chi connectivity index (χ4n) is 6.06. The largest absolute Gasteiger partial charge is 0.519 e. The summed E-state index contributed by atoms with van der Waals surface area (Å²) in [6.07, 6.45) is 2.86. The zero-order valence-electron chi connectivity index (χ0n) is 25.8. The third kappa shape index (κ3) is 6.49. The Morgan fingerprint density at radius 1 is 1.20 bits per heavy atom. The van der Waals surface area contributed by atoms with E-state index in [2.05, 4.69) is 19.8 Å². The van der Waals surface area contributed by atoms with Crippen LogP contribution < -0.4 is 16.9 Å². The number of carbonyl (C=O) groups is 5. The second kappa shape index (κ2) is 13.7. The first-order valence-electron chi connectivity index (χ1n) is 15.1. The van der Waals surface area contributed by atoms with Crippen LogP contribution in [0.15, 0.2) is 41.7 Å². The molecule has 6 heterocycles. The highest BCUT2D eigenvalue weighted by Crippen LogP contribution is 2.41. The average molecular weight is 719 g/mol. The Morgan fingerprint density at radius 2 is 1.98 bits per heavy atom. The van der Waals surface area contributed by atoms with Crippen molar-refractivity contribution < 1.29 is 47.9 Å². The number of thioether (sulfide) groups is 1. The van der Waals surface area contributed by atoms with E-state index >= 15 is 0 Å². The van der Waals surface area contributed by atoms with E-state index in [9.17, 15) is 39.1 Å². The first kappa shape index (κ1) is 33.7. The molecule has 260 valence electrons. The molecule has 4 aliphatic heterocycles. The predicted octanol–water partition coefficient (Wildman–Crippen LogP) is 0.106. The molecular weight excluding hydrogens is 688 g/mol. The molecule has 6 rings (SSSR count). The number of nitrogens with two attached hydrogens (primary N) is 1. The number of aliphatic carboxylic acids is 1. The molecule has 0 radical (unpaired) electrons. The number of carboxylic acids is 1. The molecule has 0 spiro atoms. The highest BCUT2D eigenvalue weighted by molar-refractivity contribution is 8.00. The van der Waals surface area contributed by atoms with Crippen molar-refractivity contribution in [1.29, 1.82) is 0 Å². The summed E-state index contributed by atoms with van der Waals surface area (Å²) < 4.78 is 19.1. The summed E-state index contributed by atoms with van der Waals surface area (Å²) in [5.74, 6) is -3.81. The number of rotatable bonds is 10. The van der Waals surface area contributed by atoms with Crippen LogP contribution in [-0.4, -0.2) is 113 Å². The van der Waals surface area contributed by atoms with Crippen LogP contribution in [0.4, 0.5) is 9.93 Å². The van der Waals surface area contributed by atoms with E-state index in [1.807, 2.05) is 6.92 Å². The van der Waals surface area contributed by atoms with Crippen LogP contribution in [0.2, 0.25) is 0 Å². The fraction of sp³-hybridized carbons (Fsp3) is 0.464. The zero-order chi connectivity index (χ0) is 35.0. The molecule has 4 aliphatic rings. The maximum Gasteiger partial charge on any atom is 0.519 e. The summed E-state index contributed by atoms with van der Waals surface area (Å²) in [5, 5.41) is 24.0. The van der Waals surface area contributed by atoms with Gasteiger partial charge in [-0.3, -0.25) is 19.3 Å². The number of carboxylic acid groups (broad SMARTS) is 1. The van der Waals surface area contributed by atoms with Crippen molar-refractivity contribution in [2.75, 3.05) is 31.1 Å². The number of hydrogen-bond donors (Lipinski definition) is 4. The van der Waals surface area contributed by atoms with Gasteiger partial charge in [-0.1, -0.05) is 12.1 Å². The lowest BCUT2D eigenvalue weighted by molar-refractivity contribution is -0.150. The lowest BCUT2D eigenvalue weighted by atomic mass is 10.0. The Labute approximate surface area is 284 Å². The Kier molecular flexibility index (Phi) is 9.45. The van der Waals surface area contributed by atoms with Gasteiger partial charge in [-0.2, -0.15) is 9.36 Å². The van der Waals surface area contributed by atoms with E-state index < -0.39 is 46.8 Å². The highest BCUT2D eigenvalue weighted by atomic mass is 32.2. The van der Waals surface area contributed by atoms with Gasteiger partial charge in [0.15, 0.2) is 23.3 Å². The number of β-lactam (4-membered cyclic amide) rings is 1. The van der Waals surface area contributed by atoms with E-state index in [1.54, 1.807) is 4.90 Å². The Bertz CT molecular complexity index is 1860. The maximum absolute atomic E-state index is 13.5. The van der Waals surface area contributed by atoms with Crippen LogP contribution in [0.5, 0.6) is 0 Å². The number of allylic oxidation sites excluding steroid dienone is 1. The van der Waals surface area contributed by atoms with E-state index in [0.29, 0.717) is 50.1 Å². The Hall–Kier alpha value is -5.18. The van der Waals surface area contributed by atoms with E-state index in [0.717, 1.165) is 16.4 Å². The molecule has 3 fully saturated rings. The van der Waals surface area contributed by atoms with Crippen LogP contribution in [-0.2, 0) is 36.9 Å². The minimum absolute atomic E-state index is 0.0331. The molecule has 0 bridgehead atoms. The van der Waals surface area contributed by atoms with Gasteiger partial charge in [-0.05, 0) is 30.9 Å². The Balaban J connectivity index is 1.08. The number of fused-ring (bicyclic) bond motifs is 1. The molecule has 19 nitrogen and oxygen atoms in total. The van der Waals surface area contributed by atoms with Gasteiger partial charge in [0.25, 0.3) is 11.8 Å². The van der Waals surface area contributed by atoms with Crippen molar-refractivity contribution in [3.8, 4) is 0 Å². The number of amides is 4. The number of ether oxygens (including phenoxy) is 1. The first-order chi connectivity index (χ1) is 23.5. The van der Waals surface area contributed by atoms with Gasteiger partial charge >= 0.3 is 17.9 Å². The second-order valence-corrected chi connectivity index (χ2v) is 13.2. The lowest BCUT2D eigenvalue weighted by Crippen LogP contribution is -2.71. The first-order valence-corrected chi connectivity index (χ1v) is 16.9. The lowest BCUT2D eigenvalue weighted by Gasteiger charge is -2.49. The molecule has 3 atom stereocenters. The standard InChI is InChI=1S/C28H30N8O11S2/c1-2-3-15-16(47-28(43)46-15)10-45-27(42)34-6-5-14(9-34)35-7-4-12(22(35)38)8-13-11-48-24-18(23(39)36(24)19(13)25(40)41)30-21(37)17(32-44)20-31-26(29)49-33-20/h8,14,18,24,44H,2-7,9-11H2,1H3,(H,30,37)(H,40,41)(H2,29,31,33)/b12-8+,32-17-/t14-,18-,24-/m1/s1. The highest BCUT2D eigenvalue weighted by Gasteiger charge is 2.54. The average Bonchev–Trinajstić information content (AvgIpc) is 3.87. The number of oxime groups is 1. The summed E-state index contributed by atoms with van der Waals surface area (Å²) in [5.41, 5.74) is 5.30. The molecule has 5 N–H and O–H groups in total. The molecule has 0 aromatic carbocycles. The molecule has 2 aromatic heterocycles. The molecule has 49 heavy (non-hydrogen) atoms. The minimum atomic E-state index is -1.38. The van der Waals surface area contributed by atoms with Crippen LogP contribution in [0.3, 0.4) is 0 Å². The van der Waals surface area contributed by atoms with Crippen molar-refractivity contribution in [3.63, 3.8) is 0 Å². The number of aryl methyl sites for hydroxylation is 1. The summed E-state index contributed by atoms with van der Waals surface area (Å²) in [6.45, 7) is 2.55. The smallest absolute Gasteiger partial charge is 0.477 e. The third-order valence-corrected chi connectivity index (χ3v) is 10.2. The van der Waals surface area contributed by atoms with Crippen LogP contribution in [0.1, 0.15) is 43.5 Å². The van der Waals surface area contributed by atoms with E-state index in [1.165, 1.54) is 22.7 Å². The van der Waals surface area contributed by atoms with Gasteiger partial charge in [0.1, 0.15) is 17.1 Å². The van der Waals surface area contributed by atoms with Crippen molar-refractivity contribution in [2.24, 2.45) is 5.16 Å². The molecule has 2 aromatic rings. The van der Waals surface area contributed by atoms with Crippen molar-refractivity contribution in [3.05, 3.63) is 50.9 Å². The normalized spacial score (nSPS) is 23.3. The number of aromatic nitrogens is 2. The molecule has 0 unspecified atom stereocenters. The van der Waals surface area contributed by atoms with Gasteiger partial charge in [0.05, 0.1) is 6.04 Å². The van der Waals surface area contributed by atoms with Gasteiger partial charge in [0, 0.05) is 48.9 Å². The fourth-order valence-corrected chi connectivity index (χ4v) is 7.80. The SMILES string of the molecule is CCCc1oc(=O)oc1COC(=O)N1CC[C@@H](N2CC/C(=C\C3=C(C(=O)O)N4C(=O)[C@@H](NC(=O)/C(=N\O)c5nsc(N)n5)[C@H]4SC3)C2=O)C1. The monoisotopic (exact) mass is 718 g/mol. The molecule has 0 saturated carbocycles. The number of hydrogen-bond acceptors (Lipinski definition) is 16. The minimum Gasteiger partial charge on any atom is -0.477 e. The predicted molar refractivity (Wildman–Crippen MR) is 168 cm³/mol. The van der Waals surface area contributed by atoms with Crippen LogP contribution in [0.25, 0.3) is 0 Å². The molecule has 3 saturated heterocycles. The Morgan fingerprint density at radius 3 is 2.67 bits per heavy atom. The summed E-state index contributed by atoms with van der Waals surface area (Å²) >= 11 is 1.98. The van der Waals surface area contributed by atoms with Crippen LogP contribution in [0, 0.1) is 0 Å². The van der Waals surface area contributed by atoms with Crippen molar-refractivity contribution in [1.82, 2.24) is 29.4 Å². The zero-order valence-corrected chi connectivity index (χ0v) is 27.5. The number of anilines is 1. The molecule has 4 amide bonds. The maximum atomic E-state index is 13.5. The molecule has 0 aliphatic carbocycles. The second-order valence-electron chi connectivity index (χ2n) is 11.4. The topological polar surface area (TPSA) is 264 Å². The molecular formula is C28H30N8O11S2. The van der Waals surface area contributed by atoms with E-state index in [4.69, 9.17) is 19.3 Å². The summed E-state index contributed by atoms with van der Waals surface area (Å²) in [7, 11) is 0. The summed E-state index contributed by atoms with van der Waals surface area (Å²) in [4.78, 5) is 83.9. The quantitative estimate of drug-likeness (QED) is 0.0835. The van der Waals surface area contributed by atoms with Gasteiger partial charge < -0.3 is 44.7 Å². The van der Waals surface area contributed by atoms with Crippen molar-refractivity contribution >= 4 is 63.9 Å². The number of carbonyl (C=O) groups excluding carboxylic acids is 4. The number of nitrogen functional groups attached to an aromatic ring is 1. The van der Waals surface area contributed by atoms with Crippen LogP contribution >= 0.6 is 23.3 Å². The number of likely N-dealkylation sites (tertiary alicyclic amines) is 2. The van der Waals surface area contributed by atoms with Gasteiger partial charge in [-0.15, -0.1) is 11.8 Å². The van der Waals surface area contributed by atoms with Gasteiger partial charge in [0.2, 0.25) is 17.4 Å². The number of nitrogens with one attached hydrogen (secondary N) is 1.